The number of hydrogen-bond acceptors (Lipinski definition) is 29. The van der Waals surface area contributed by atoms with Crippen molar-refractivity contribution >= 4 is 0 Å². The minimum absolute atomic E-state index is 0.301. The third-order valence-electron chi connectivity index (χ3n) is 13.2. The molecule has 68 heavy (non-hydrogen) atoms. The first-order chi connectivity index (χ1) is 32.1. The Morgan fingerprint density at radius 1 is 0.353 bits per heavy atom. The lowest BCUT2D eigenvalue weighted by molar-refractivity contribution is -0.391. The molecular formula is C39H69NO28. The summed E-state index contributed by atoms with van der Waals surface area (Å²) in [6, 6.07) is -1.72. The Morgan fingerprint density at radius 3 is 1.29 bits per heavy atom. The number of nitrogens with two attached hydrogens (primary N) is 1. The summed E-state index contributed by atoms with van der Waals surface area (Å²) in [7, 11) is 0. The van der Waals surface area contributed by atoms with E-state index in [2.05, 4.69) is 0 Å². The highest BCUT2D eigenvalue weighted by molar-refractivity contribution is 5.01. The minimum atomic E-state index is -2.13. The average Bonchev–Trinajstić information content (AvgIpc) is 3.31. The van der Waals surface area contributed by atoms with Gasteiger partial charge in [-0.15, -0.1) is 0 Å². The lowest BCUT2D eigenvalue weighted by Gasteiger charge is -2.50. The van der Waals surface area contributed by atoms with E-state index in [0.29, 0.717) is 0 Å². The SMILES string of the molecule is CC1O[C@@H](OC2[C@H](O[C@@H]3C(N)[C@H](O[C@@H]4C(O)[C@H](O[C@H]5C(CO)O[C@@H](O[C@H]6C(CO)O[C@@H](C(C)C)C(O)[C@H]6O)C(O)[C@H]5O)OC(CO)[C@@H]4O)OC(CO)[C@@H]3O)OC(CO)[C@H](O)[C@@H]2O)[C@@H](O)C(O)[C@H]1O. The van der Waals surface area contributed by atoms with Crippen molar-refractivity contribution in [3.63, 3.8) is 0 Å². The van der Waals surface area contributed by atoms with Crippen LogP contribution < -0.4 is 5.73 Å². The molecule has 19 N–H and O–H groups in total. The maximum absolute atomic E-state index is 11.6. The predicted molar refractivity (Wildman–Crippen MR) is 212 cm³/mol. The van der Waals surface area contributed by atoms with Crippen molar-refractivity contribution in [1.29, 1.82) is 0 Å². The van der Waals surface area contributed by atoms with Crippen LogP contribution in [0.25, 0.3) is 0 Å². The van der Waals surface area contributed by atoms with Gasteiger partial charge in [0, 0.05) is 0 Å². The second-order valence-electron chi connectivity index (χ2n) is 18.1. The minimum Gasteiger partial charge on any atom is -0.394 e. The monoisotopic (exact) mass is 999 g/mol. The van der Waals surface area contributed by atoms with Crippen LogP contribution in [0.1, 0.15) is 20.8 Å². The molecule has 0 radical (unpaired) electrons. The van der Waals surface area contributed by atoms with Crippen molar-refractivity contribution in [3.05, 3.63) is 0 Å². The van der Waals surface area contributed by atoms with E-state index in [4.69, 9.17) is 57.8 Å². The fraction of sp³-hybridized carbons (Fsp3) is 1.00. The summed E-state index contributed by atoms with van der Waals surface area (Å²) in [4.78, 5) is 0. The van der Waals surface area contributed by atoms with Gasteiger partial charge in [-0.1, -0.05) is 13.8 Å². The van der Waals surface area contributed by atoms with Gasteiger partial charge in [0.1, 0.15) is 134 Å². The van der Waals surface area contributed by atoms with Gasteiger partial charge < -0.3 is 145 Å². The summed E-state index contributed by atoms with van der Waals surface area (Å²) < 4.78 is 63.1. The molecule has 398 valence electrons. The van der Waals surface area contributed by atoms with E-state index in [1.165, 1.54) is 6.92 Å². The van der Waals surface area contributed by atoms with Crippen LogP contribution in [0.15, 0.2) is 0 Å². The highest BCUT2D eigenvalue weighted by atomic mass is 16.8. The number of aliphatic hydroxyl groups is 17. The Hall–Kier alpha value is -1.16. The van der Waals surface area contributed by atoms with Gasteiger partial charge in [-0.2, -0.15) is 0 Å². The average molecular weight is 1000 g/mol. The molecule has 12 unspecified atom stereocenters. The maximum atomic E-state index is 11.6. The summed E-state index contributed by atoms with van der Waals surface area (Å²) >= 11 is 0. The Kier molecular flexibility index (Phi) is 19.7. The molecule has 6 aliphatic rings. The van der Waals surface area contributed by atoms with Crippen LogP contribution in [0.5, 0.6) is 0 Å². The zero-order valence-electron chi connectivity index (χ0n) is 37.1. The molecule has 29 heteroatoms. The summed E-state index contributed by atoms with van der Waals surface area (Å²) in [6.07, 6.45) is -50.4. The molecule has 0 aromatic heterocycles. The molecule has 0 aromatic carbocycles. The van der Waals surface area contributed by atoms with Crippen molar-refractivity contribution in [2.75, 3.05) is 33.0 Å². The number of rotatable bonds is 16. The molecule has 0 amide bonds. The van der Waals surface area contributed by atoms with Gasteiger partial charge >= 0.3 is 0 Å². The van der Waals surface area contributed by atoms with E-state index in [9.17, 15) is 86.8 Å². The molecule has 29 nitrogen and oxygen atoms in total. The number of ether oxygens (including phenoxy) is 11. The first-order valence-corrected chi connectivity index (χ1v) is 22.3. The summed E-state index contributed by atoms with van der Waals surface area (Å²) in [6.45, 7) is 0.291. The van der Waals surface area contributed by atoms with E-state index >= 15 is 0 Å². The molecule has 0 aliphatic carbocycles. The molecule has 6 rings (SSSR count). The van der Waals surface area contributed by atoms with Gasteiger partial charge in [-0.25, -0.2) is 0 Å². The lowest BCUT2D eigenvalue weighted by atomic mass is 9.89. The molecule has 0 saturated carbocycles. The standard InChI is InChI=1S/C39H69NO28/c1-9(2)29-23(52)24(53)30(14(7-44)59-29)64-37-27(56)25(54)31(15(8-45)63-37)65-38-28(57)33(20(49)13(6-43)61-38)67-35-16(40)32(19(48)12(5-42)60-35)66-39-34(22(51)18(47)11(4-41)62-39)68-36-26(55)21(50)17(46)10(3)58-36/h9-39,41-57H,4-8,40H2,1-3H3/t10?,11?,12?,13?,14?,15?,16?,17-,18-,19-,20-,21?,22-,23?,24+,25+,26-,27?,28?,29-,30-,31-,32+,33-,34?,35-,36-,37-,38-,39-/m0/s1. The van der Waals surface area contributed by atoms with Crippen LogP contribution >= 0.6 is 0 Å². The quantitative estimate of drug-likeness (QED) is 0.0683. The largest absolute Gasteiger partial charge is 0.394 e. The van der Waals surface area contributed by atoms with Gasteiger partial charge in [-0.3, -0.25) is 0 Å². The van der Waals surface area contributed by atoms with Crippen LogP contribution in [-0.2, 0) is 52.1 Å². The third kappa shape index (κ3) is 11.3. The number of hydrogen-bond donors (Lipinski definition) is 18. The molecule has 6 heterocycles. The number of aliphatic hydroxyl groups excluding tert-OH is 17. The van der Waals surface area contributed by atoms with Gasteiger partial charge in [0.2, 0.25) is 0 Å². The van der Waals surface area contributed by atoms with Gasteiger partial charge in [-0.05, 0) is 12.8 Å². The van der Waals surface area contributed by atoms with Crippen molar-refractivity contribution in [1.82, 2.24) is 0 Å². The Morgan fingerprint density at radius 2 is 0.735 bits per heavy atom. The predicted octanol–water partition coefficient (Wildman–Crippen LogP) is -11.4. The van der Waals surface area contributed by atoms with Crippen molar-refractivity contribution in [2.45, 2.75) is 205 Å². The highest BCUT2D eigenvalue weighted by Gasteiger charge is 2.57. The van der Waals surface area contributed by atoms with Gasteiger partial charge in [0.15, 0.2) is 31.5 Å². The van der Waals surface area contributed by atoms with Crippen molar-refractivity contribution in [3.8, 4) is 0 Å². The van der Waals surface area contributed by atoms with Crippen LogP contribution in [0.2, 0.25) is 0 Å². The zero-order valence-corrected chi connectivity index (χ0v) is 37.1. The summed E-state index contributed by atoms with van der Waals surface area (Å²) in [5.41, 5.74) is 6.50. The van der Waals surface area contributed by atoms with Crippen LogP contribution in [-0.4, -0.2) is 304 Å². The topological polar surface area (TPSA) is 471 Å². The van der Waals surface area contributed by atoms with Crippen molar-refractivity contribution < 1.29 is 139 Å². The maximum Gasteiger partial charge on any atom is 0.187 e. The smallest absolute Gasteiger partial charge is 0.187 e. The van der Waals surface area contributed by atoms with Crippen LogP contribution in [0.3, 0.4) is 0 Å². The van der Waals surface area contributed by atoms with E-state index < -0.39 is 217 Å². The fourth-order valence-electron chi connectivity index (χ4n) is 9.09. The van der Waals surface area contributed by atoms with Crippen LogP contribution in [0.4, 0.5) is 0 Å². The van der Waals surface area contributed by atoms with Crippen molar-refractivity contribution in [2.24, 2.45) is 11.7 Å². The zero-order chi connectivity index (χ0) is 50.2. The van der Waals surface area contributed by atoms with E-state index in [0.717, 1.165) is 0 Å². The van der Waals surface area contributed by atoms with Gasteiger partial charge in [0.25, 0.3) is 0 Å². The van der Waals surface area contributed by atoms with E-state index in [1.807, 2.05) is 0 Å². The molecular weight excluding hydrogens is 930 g/mol. The highest BCUT2D eigenvalue weighted by Crippen LogP contribution is 2.37. The molecule has 0 bridgehead atoms. The Bertz CT molecular complexity index is 1540. The second-order valence-corrected chi connectivity index (χ2v) is 18.1. The first kappa shape index (κ1) is 56.1. The molecule has 6 aliphatic heterocycles. The van der Waals surface area contributed by atoms with E-state index in [-0.39, 0.29) is 5.92 Å². The third-order valence-corrected chi connectivity index (χ3v) is 13.2. The first-order valence-electron chi connectivity index (χ1n) is 22.3. The van der Waals surface area contributed by atoms with Gasteiger partial charge in [0.05, 0.1) is 51.3 Å². The summed E-state index contributed by atoms with van der Waals surface area (Å²) in [5.74, 6) is -0.301. The Labute approximate surface area is 388 Å². The Balaban J connectivity index is 1.18. The molecule has 0 spiro atoms. The molecule has 30 atom stereocenters. The van der Waals surface area contributed by atoms with Crippen LogP contribution in [0, 0.1) is 5.92 Å². The molecule has 6 saturated heterocycles. The summed E-state index contributed by atoms with van der Waals surface area (Å²) in [5, 5.41) is 182. The molecule has 0 aromatic rings. The second kappa shape index (κ2) is 23.8. The lowest BCUT2D eigenvalue weighted by Crippen LogP contribution is -2.69. The normalized spacial score (nSPS) is 52.9. The fourth-order valence-corrected chi connectivity index (χ4v) is 9.09. The molecule has 6 fully saturated rings. The van der Waals surface area contributed by atoms with E-state index in [1.54, 1.807) is 13.8 Å².